The van der Waals surface area contributed by atoms with Crippen molar-refractivity contribution in [3.8, 4) is 0 Å². The molecule has 0 bridgehead atoms. The number of ether oxygens (including phenoxy) is 1. The van der Waals surface area contributed by atoms with Crippen molar-refractivity contribution < 1.29 is 4.74 Å². The van der Waals surface area contributed by atoms with E-state index in [0.717, 1.165) is 25.5 Å². The zero-order valence-corrected chi connectivity index (χ0v) is 10.4. The molecule has 0 saturated heterocycles. The maximum absolute atomic E-state index is 5.45. The third-order valence-electron chi connectivity index (χ3n) is 2.13. The van der Waals surface area contributed by atoms with Crippen LogP contribution in [0.1, 0.15) is 0 Å². The molecule has 0 radical (unpaired) electrons. The third kappa shape index (κ3) is 6.06. The molecule has 96 valence electrons. The number of hydrogen-bond donors (Lipinski definition) is 3. The molecule has 1 heterocycles. The number of nitrogens with one attached hydrogen (secondary N) is 2. The minimum absolute atomic E-state index is 0.642. The lowest BCUT2D eigenvalue weighted by molar-refractivity contribution is 0.126. The first-order chi connectivity index (χ1) is 8.22. The van der Waals surface area contributed by atoms with E-state index < -0.39 is 0 Å². The Hall–Kier alpha value is -1.37. The SMILES string of the molecule is CN(C)CCOCCNc1cccc(NN)n1. The molecule has 6 nitrogen and oxygen atoms in total. The second kappa shape index (κ2) is 7.83. The van der Waals surface area contributed by atoms with Crippen LogP contribution in [0, 0.1) is 0 Å². The first-order valence-electron chi connectivity index (χ1n) is 5.62. The van der Waals surface area contributed by atoms with Gasteiger partial charge in [-0.25, -0.2) is 10.8 Å². The number of nitrogen functional groups attached to an aromatic ring is 1. The Bertz CT molecular complexity index is 318. The van der Waals surface area contributed by atoms with Gasteiger partial charge in [0.05, 0.1) is 13.2 Å². The van der Waals surface area contributed by atoms with E-state index in [1.807, 2.05) is 26.2 Å². The lowest BCUT2D eigenvalue weighted by Crippen LogP contribution is -2.20. The van der Waals surface area contributed by atoms with E-state index >= 15 is 0 Å². The fourth-order valence-corrected chi connectivity index (χ4v) is 1.21. The molecule has 6 heteroatoms. The maximum Gasteiger partial charge on any atom is 0.142 e. The zero-order valence-electron chi connectivity index (χ0n) is 10.4. The van der Waals surface area contributed by atoms with Gasteiger partial charge in [-0.3, -0.25) is 0 Å². The first kappa shape index (κ1) is 13.7. The molecule has 0 saturated carbocycles. The van der Waals surface area contributed by atoms with Gasteiger partial charge in [0.15, 0.2) is 0 Å². The van der Waals surface area contributed by atoms with Crippen molar-refractivity contribution in [1.29, 1.82) is 0 Å². The maximum atomic E-state index is 5.45. The van der Waals surface area contributed by atoms with Crippen LogP contribution in [-0.2, 0) is 4.74 Å². The summed E-state index contributed by atoms with van der Waals surface area (Å²) in [7, 11) is 4.05. The van der Waals surface area contributed by atoms with Crippen LogP contribution in [0.3, 0.4) is 0 Å². The van der Waals surface area contributed by atoms with Crippen molar-refractivity contribution in [2.45, 2.75) is 0 Å². The molecule has 0 amide bonds. The molecule has 0 unspecified atom stereocenters. The van der Waals surface area contributed by atoms with E-state index in [1.165, 1.54) is 0 Å². The van der Waals surface area contributed by atoms with Crippen molar-refractivity contribution in [2.75, 3.05) is 51.1 Å². The lowest BCUT2D eigenvalue weighted by atomic mass is 10.4. The Balaban J connectivity index is 2.13. The molecule has 0 aliphatic heterocycles. The van der Waals surface area contributed by atoms with Gasteiger partial charge in [0.1, 0.15) is 11.6 Å². The summed E-state index contributed by atoms with van der Waals surface area (Å²) in [5, 5.41) is 3.16. The number of hydrazine groups is 1. The van der Waals surface area contributed by atoms with Crippen LogP contribution in [-0.4, -0.2) is 50.3 Å². The van der Waals surface area contributed by atoms with Gasteiger partial charge in [0, 0.05) is 13.1 Å². The van der Waals surface area contributed by atoms with Crippen molar-refractivity contribution in [3.63, 3.8) is 0 Å². The summed E-state index contributed by atoms with van der Waals surface area (Å²) in [4.78, 5) is 6.31. The van der Waals surface area contributed by atoms with Crippen molar-refractivity contribution in [1.82, 2.24) is 9.88 Å². The van der Waals surface area contributed by atoms with Gasteiger partial charge in [-0.05, 0) is 26.2 Å². The molecule has 0 aliphatic carbocycles. The Morgan fingerprint density at radius 2 is 2.06 bits per heavy atom. The van der Waals surface area contributed by atoms with Crippen LogP contribution in [0.5, 0.6) is 0 Å². The number of likely N-dealkylation sites (N-methyl/N-ethyl adjacent to an activating group) is 1. The minimum atomic E-state index is 0.642. The number of hydrogen-bond acceptors (Lipinski definition) is 6. The summed E-state index contributed by atoms with van der Waals surface area (Å²) in [6.45, 7) is 3.07. The minimum Gasteiger partial charge on any atom is -0.378 e. The number of anilines is 2. The average Bonchev–Trinajstić information content (AvgIpc) is 2.33. The zero-order chi connectivity index (χ0) is 12.5. The van der Waals surface area contributed by atoms with Crippen molar-refractivity contribution in [2.24, 2.45) is 5.84 Å². The van der Waals surface area contributed by atoms with Gasteiger partial charge in [0.2, 0.25) is 0 Å². The summed E-state index contributed by atoms with van der Waals surface area (Å²) in [6.07, 6.45) is 0. The standard InChI is InChI=1S/C11H21N5O/c1-16(2)7-9-17-8-6-13-10-4-3-5-11(14-10)15-12/h3-5H,6-9,12H2,1-2H3,(H2,13,14,15). The summed E-state index contributed by atoms with van der Waals surface area (Å²) < 4.78 is 5.45. The highest BCUT2D eigenvalue weighted by atomic mass is 16.5. The van der Waals surface area contributed by atoms with Gasteiger partial charge in [0.25, 0.3) is 0 Å². The fourth-order valence-electron chi connectivity index (χ4n) is 1.21. The van der Waals surface area contributed by atoms with Gasteiger partial charge < -0.3 is 20.4 Å². The van der Waals surface area contributed by atoms with E-state index in [4.69, 9.17) is 10.6 Å². The molecule has 1 aromatic rings. The number of pyridine rings is 1. The van der Waals surface area contributed by atoms with E-state index in [2.05, 4.69) is 20.6 Å². The van der Waals surface area contributed by atoms with E-state index in [0.29, 0.717) is 12.4 Å². The Morgan fingerprint density at radius 1 is 1.29 bits per heavy atom. The fraction of sp³-hybridized carbons (Fsp3) is 0.545. The molecule has 0 fully saturated rings. The summed E-state index contributed by atoms with van der Waals surface area (Å²) >= 11 is 0. The monoisotopic (exact) mass is 239 g/mol. The van der Waals surface area contributed by atoms with Gasteiger partial charge in [-0.1, -0.05) is 6.07 Å². The smallest absolute Gasteiger partial charge is 0.142 e. The van der Waals surface area contributed by atoms with Crippen LogP contribution in [0.15, 0.2) is 18.2 Å². The quantitative estimate of drug-likeness (QED) is 0.345. The Labute approximate surface area is 102 Å². The summed E-state index contributed by atoms with van der Waals surface area (Å²) in [5.74, 6) is 6.70. The lowest BCUT2D eigenvalue weighted by Gasteiger charge is -2.10. The number of nitrogens with zero attached hydrogens (tertiary/aromatic N) is 2. The first-order valence-corrected chi connectivity index (χ1v) is 5.62. The highest BCUT2D eigenvalue weighted by Crippen LogP contribution is 2.06. The molecule has 17 heavy (non-hydrogen) atoms. The normalized spacial score (nSPS) is 10.6. The molecule has 0 spiro atoms. The van der Waals surface area contributed by atoms with E-state index in [9.17, 15) is 0 Å². The molecule has 4 N–H and O–H groups in total. The van der Waals surface area contributed by atoms with Gasteiger partial charge >= 0.3 is 0 Å². The van der Waals surface area contributed by atoms with Crippen LogP contribution in [0.4, 0.5) is 11.6 Å². The summed E-state index contributed by atoms with van der Waals surface area (Å²) in [6, 6.07) is 5.58. The third-order valence-corrected chi connectivity index (χ3v) is 2.13. The van der Waals surface area contributed by atoms with Gasteiger partial charge in [-0.2, -0.15) is 0 Å². The second-order valence-corrected chi connectivity index (χ2v) is 3.89. The van der Waals surface area contributed by atoms with Gasteiger partial charge in [-0.15, -0.1) is 0 Å². The molecular formula is C11H21N5O. The Kier molecular flexibility index (Phi) is 6.31. The molecule has 1 aromatic heterocycles. The van der Waals surface area contributed by atoms with E-state index in [-0.39, 0.29) is 0 Å². The largest absolute Gasteiger partial charge is 0.378 e. The molecule has 1 rings (SSSR count). The van der Waals surface area contributed by atoms with Crippen LogP contribution >= 0.6 is 0 Å². The predicted octanol–water partition coefficient (Wildman–Crippen LogP) is 0.357. The molecule has 0 atom stereocenters. The average molecular weight is 239 g/mol. The molecule has 0 aromatic carbocycles. The van der Waals surface area contributed by atoms with Crippen molar-refractivity contribution in [3.05, 3.63) is 18.2 Å². The number of rotatable bonds is 8. The molecular weight excluding hydrogens is 218 g/mol. The van der Waals surface area contributed by atoms with Crippen LogP contribution in [0.2, 0.25) is 0 Å². The van der Waals surface area contributed by atoms with Crippen molar-refractivity contribution >= 4 is 11.6 Å². The highest BCUT2D eigenvalue weighted by Gasteiger charge is 1.95. The summed E-state index contributed by atoms with van der Waals surface area (Å²) in [5.41, 5.74) is 2.50. The topological polar surface area (TPSA) is 75.4 Å². The number of nitrogens with two attached hydrogens (primary N) is 1. The highest BCUT2D eigenvalue weighted by molar-refractivity contribution is 5.44. The molecule has 0 aliphatic rings. The van der Waals surface area contributed by atoms with E-state index in [1.54, 1.807) is 6.07 Å². The van der Waals surface area contributed by atoms with Crippen LogP contribution < -0.4 is 16.6 Å². The number of aromatic nitrogens is 1. The van der Waals surface area contributed by atoms with Crippen LogP contribution in [0.25, 0.3) is 0 Å². The Morgan fingerprint density at radius 3 is 2.76 bits per heavy atom. The second-order valence-electron chi connectivity index (χ2n) is 3.89. The predicted molar refractivity (Wildman–Crippen MR) is 69.9 cm³/mol.